The van der Waals surface area contributed by atoms with Gasteiger partial charge in [0.15, 0.2) is 11.0 Å². The molecule has 0 fully saturated rings. The summed E-state index contributed by atoms with van der Waals surface area (Å²) in [5.41, 5.74) is 1.55. The summed E-state index contributed by atoms with van der Waals surface area (Å²) in [6.07, 6.45) is 0. The SMILES string of the molecule is Cc1nc(Cl)c(F)c2[nH]c(=O)c(-c3ccccc3)cc12. The molecule has 20 heavy (non-hydrogen) atoms. The van der Waals surface area contributed by atoms with Crippen LogP contribution < -0.4 is 5.56 Å². The second-order valence-corrected chi connectivity index (χ2v) is 4.83. The summed E-state index contributed by atoms with van der Waals surface area (Å²) in [4.78, 5) is 18.6. The standard InChI is InChI=1S/C15H10ClFN2O/c1-8-10-7-11(9-5-3-2-4-6-9)15(20)19-13(10)12(17)14(16)18-8/h2-7H,1H3,(H,19,20). The number of aryl methyl sites for hydroxylation is 1. The Morgan fingerprint density at radius 2 is 1.95 bits per heavy atom. The fraction of sp³-hybridized carbons (Fsp3) is 0.0667. The van der Waals surface area contributed by atoms with E-state index in [0.717, 1.165) is 5.56 Å². The molecule has 0 atom stereocenters. The molecular formula is C15H10ClFN2O. The van der Waals surface area contributed by atoms with Crippen molar-refractivity contribution in [3.63, 3.8) is 0 Å². The molecule has 3 rings (SSSR count). The molecule has 2 heterocycles. The zero-order valence-electron chi connectivity index (χ0n) is 10.6. The maximum absolute atomic E-state index is 13.9. The van der Waals surface area contributed by atoms with Gasteiger partial charge in [-0.05, 0) is 18.6 Å². The van der Waals surface area contributed by atoms with Crippen molar-refractivity contribution in [1.82, 2.24) is 9.97 Å². The Bertz CT molecular complexity index is 859. The van der Waals surface area contributed by atoms with Crippen molar-refractivity contribution in [3.05, 3.63) is 63.4 Å². The monoisotopic (exact) mass is 288 g/mol. The average Bonchev–Trinajstić information content (AvgIpc) is 2.45. The van der Waals surface area contributed by atoms with Crippen LogP contribution in [0.5, 0.6) is 0 Å². The first-order valence-electron chi connectivity index (χ1n) is 6.02. The predicted molar refractivity (Wildman–Crippen MR) is 77.5 cm³/mol. The van der Waals surface area contributed by atoms with Crippen LogP contribution in [0.2, 0.25) is 5.15 Å². The van der Waals surface area contributed by atoms with E-state index in [1.807, 2.05) is 30.3 Å². The van der Waals surface area contributed by atoms with Crippen LogP contribution in [0.4, 0.5) is 4.39 Å². The fourth-order valence-electron chi connectivity index (χ4n) is 2.18. The van der Waals surface area contributed by atoms with Gasteiger partial charge in [0.25, 0.3) is 5.56 Å². The first-order chi connectivity index (χ1) is 9.58. The number of hydrogen-bond acceptors (Lipinski definition) is 2. The maximum Gasteiger partial charge on any atom is 0.256 e. The van der Waals surface area contributed by atoms with Gasteiger partial charge in [-0.25, -0.2) is 9.37 Å². The maximum atomic E-state index is 13.9. The molecule has 1 N–H and O–H groups in total. The zero-order chi connectivity index (χ0) is 14.3. The van der Waals surface area contributed by atoms with E-state index in [-0.39, 0.29) is 16.2 Å². The molecule has 2 aromatic heterocycles. The van der Waals surface area contributed by atoms with Gasteiger partial charge in [0.1, 0.15) is 0 Å². The number of benzene rings is 1. The molecular weight excluding hydrogens is 279 g/mol. The van der Waals surface area contributed by atoms with Crippen molar-refractivity contribution in [2.45, 2.75) is 6.92 Å². The number of pyridine rings is 2. The van der Waals surface area contributed by atoms with Crippen LogP contribution in [0.1, 0.15) is 5.69 Å². The summed E-state index contributed by atoms with van der Waals surface area (Å²) >= 11 is 5.69. The van der Waals surface area contributed by atoms with Gasteiger partial charge in [0, 0.05) is 16.6 Å². The summed E-state index contributed by atoms with van der Waals surface area (Å²) in [5.74, 6) is -0.705. The van der Waals surface area contributed by atoms with Gasteiger partial charge in [-0.3, -0.25) is 4.79 Å². The van der Waals surface area contributed by atoms with Gasteiger partial charge >= 0.3 is 0 Å². The van der Waals surface area contributed by atoms with E-state index < -0.39 is 5.82 Å². The largest absolute Gasteiger partial charge is 0.319 e. The number of rotatable bonds is 1. The van der Waals surface area contributed by atoms with Crippen LogP contribution in [0.3, 0.4) is 0 Å². The number of hydrogen-bond donors (Lipinski definition) is 1. The van der Waals surface area contributed by atoms with Crippen LogP contribution >= 0.6 is 11.6 Å². The third-order valence-corrected chi connectivity index (χ3v) is 3.43. The molecule has 0 bridgehead atoms. The quantitative estimate of drug-likeness (QED) is 0.694. The Hall–Kier alpha value is -2.20. The Labute approximate surface area is 119 Å². The summed E-state index contributed by atoms with van der Waals surface area (Å²) in [6, 6.07) is 10.8. The molecule has 0 aliphatic heterocycles. The van der Waals surface area contributed by atoms with Crippen LogP contribution in [-0.2, 0) is 0 Å². The van der Waals surface area contributed by atoms with Gasteiger partial charge in [0.2, 0.25) is 0 Å². The predicted octanol–water partition coefficient (Wildman–Crippen LogP) is 3.69. The lowest BCUT2D eigenvalue weighted by Crippen LogP contribution is -2.10. The molecule has 3 nitrogen and oxygen atoms in total. The fourth-order valence-corrected chi connectivity index (χ4v) is 2.40. The van der Waals surface area contributed by atoms with Crippen LogP contribution in [-0.4, -0.2) is 9.97 Å². The summed E-state index contributed by atoms with van der Waals surface area (Å²) in [6.45, 7) is 1.72. The Morgan fingerprint density at radius 1 is 1.25 bits per heavy atom. The van der Waals surface area contributed by atoms with E-state index >= 15 is 0 Å². The summed E-state index contributed by atoms with van der Waals surface area (Å²) < 4.78 is 13.9. The second-order valence-electron chi connectivity index (χ2n) is 4.47. The molecule has 5 heteroatoms. The highest BCUT2D eigenvalue weighted by Crippen LogP contribution is 2.25. The van der Waals surface area contributed by atoms with Crippen LogP contribution in [0.15, 0.2) is 41.2 Å². The molecule has 3 aromatic rings. The summed E-state index contributed by atoms with van der Waals surface area (Å²) in [7, 11) is 0. The first kappa shape index (κ1) is 12.8. The van der Waals surface area contributed by atoms with E-state index in [1.54, 1.807) is 13.0 Å². The van der Waals surface area contributed by atoms with Crippen molar-refractivity contribution >= 4 is 22.5 Å². The van der Waals surface area contributed by atoms with Crippen molar-refractivity contribution in [2.24, 2.45) is 0 Å². The minimum Gasteiger partial charge on any atom is -0.319 e. The van der Waals surface area contributed by atoms with Gasteiger partial charge < -0.3 is 4.98 Å². The van der Waals surface area contributed by atoms with Crippen molar-refractivity contribution in [2.75, 3.05) is 0 Å². The number of fused-ring (bicyclic) bond motifs is 1. The highest BCUT2D eigenvalue weighted by Gasteiger charge is 2.14. The number of nitrogens with zero attached hydrogens (tertiary/aromatic N) is 1. The van der Waals surface area contributed by atoms with Gasteiger partial charge in [-0.1, -0.05) is 41.9 Å². The van der Waals surface area contributed by atoms with E-state index in [0.29, 0.717) is 16.6 Å². The van der Waals surface area contributed by atoms with Gasteiger partial charge in [-0.2, -0.15) is 0 Å². The molecule has 1 aromatic carbocycles. The molecule has 0 unspecified atom stereocenters. The number of aromatic nitrogens is 2. The first-order valence-corrected chi connectivity index (χ1v) is 6.40. The van der Waals surface area contributed by atoms with E-state index in [9.17, 15) is 9.18 Å². The van der Waals surface area contributed by atoms with E-state index in [2.05, 4.69) is 9.97 Å². The van der Waals surface area contributed by atoms with Crippen molar-refractivity contribution < 1.29 is 4.39 Å². The molecule has 0 spiro atoms. The number of nitrogens with one attached hydrogen (secondary N) is 1. The van der Waals surface area contributed by atoms with Gasteiger partial charge in [-0.15, -0.1) is 0 Å². The highest BCUT2D eigenvalue weighted by atomic mass is 35.5. The van der Waals surface area contributed by atoms with Crippen molar-refractivity contribution in [1.29, 1.82) is 0 Å². The topological polar surface area (TPSA) is 45.8 Å². The smallest absolute Gasteiger partial charge is 0.256 e. The minimum atomic E-state index is -0.705. The number of halogens is 2. The average molecular weight is 289 g/mol. The lowest BCUT2D eigenvalue weighted by Gasteiger charge is -2.07. The number of H-pyrrole nitrogens is 1. The lowest BCUT2D eigenvalue weighted by molar-refractivity contribution is 0.630. The third-order valence-electron chi connectivity index (χ3n) is 3.18. The molecule has 0 saturated carbocycles. The van der Waals surface area contributed by atoms with E-state index in [1.165, 1.54) is 0 Å². The summed E-state index contributed by atoms with van der Waals surface area (Å²) in [5, 5.41) is 0.309. The normalized spacial score (nSPS) is 10.9. The van der Waals surface area contributed by atoms with Crippen molar-refractivity contribution in [3.8, 4) is 11.1 Å². The highest BCUT2D eigenvalue weighted by molar-refractivity contribution is 6.30. The Morgan fingerprint density at radius 3 is 2.65 bits per heavy atom. The molecule has 0 amide bonds. The Balaban J connectivity index is 2.39. The molecule has 0 radical (unpaired) electrons. The molecule has 0 aliphatic rings. The molecule has 0 aliphatic carbocycles. The van der Waals surface area contributed by atoms with Gasteiger partial charge in [0.05, 0.1) is 5.52 Å². The number of aromatic amines is 1. The second kappa shape index (κ2) is 4.72. The van der Waals surface area contributed by atoms with E-state index in [4.69, 9.17) is 11.6 Å². The third kappa shape index (κ3) is 1.98. The molecule has 0 saturated heterocycles. The lowest BCUT2D eigenvalue weighted by atomic mass is 10.0. The molecule has 100 valence electrons. The zero-order valence-corrected chi connectivity index (χ0v) is 11.3. The minimum absolute atomic E-state index is 0.0900. The van der Waals surface area contributed by atoms with Crippen LogP contribution in [0, 0.1) is 12.7 Å². The van der Waals surface area contributed by atoms with Crippen LogP contribution in [0.25, 0.3) is 22.0 Å². The Kier molecular flexibility index (Phi) is 3.03.